The molecule has 0 aliphatic heterocycles. The standard InChI is InChI=1S/C14H16N2O/c1-9(17)8-11-4-3-5-12-13(11)16(2)14(15-12)10-6-7-10/h3-5,10H,6-8H2,1-2H3. The summed E-state index contributed by atoms with van der Waals surface area (Å²) in [4.78, 5) is 16.0. The quantitative estimate of drug-likeness (QED) is 0.809. The summed E-state index contributed by atoms with van der Waals surface area (Å²) in [5, 5.41) is 0. The van der Waals surface area contributed by atoms with E-state index in [0.29, 0.717) is 12.3 Å². The molecule has 0 saturated heterocycles. The zero-order valence-electron chi connectivity index (χ0n) is 10.2. The van der Waals surface area contributed by atoms with Crippen LogP contribution < -0.4 is 0 Å². The maximum absolute atomic E-state index is 11.3. The number of carbonyl (C=O) groups excluding carboxylic acids is 1. The molecule has 0 spiro atoms. The summed E-state index contributed by atoms with van der Waals surface area (Å²) in [6.07, 6.45) is 3.00. The normalized spacial score (nSPS) is 15.4. The highest BCUT2D eigenvalue weighted by atomic mass is 16.1. The van der Waals surface area contributed by atoms with E-state index < -0.39 is 0 Å². The fraction of sp³-hybridized carbons (Fsp3) is 0.429. The van der Waals surface area contributed by atoms with Gasteiger partial charge >= 0.3 is 0 Å². The number of fused-ring (bicyclic) bond motifs is 1. The molecule has 0 unspecified atom stereocenters. The number of aromatic nitrogens is 2. The van der Waals surface area contributed by atoms with Crippen LogP contribution in [0.15, 0.2) is 18.2 Å². The van der Waals surface area contributed by atoms with Crippen LogP contribution in [0.1, 0.15) is 37.1 Å². The summed E-state index contributed by atoms with van der Waals surface area (Å²) >= 11 is 0. The number of hydrogen-bond acceptors (Lipinski definition) is 2. The molecule has 1 aromatic heterocycles. The molecule has 2 aromatic rings. The Balaban J connectivity index is 2.19. The van der Waals surface area contributed by atoms with E-state index in [1.165, 1.54) is 18.7 Å². The zero-order valence-corrected chi connectivity index (χ0v) is 10.2. The zero-order chi connectivity index (χ0) is 12.0. The van der Waals surface area contributed by atoms with Gasteiger partial charge in [0.2, 0.25) is 0 Å². The molecule has 17 heavy (non-hydrogen) atoms. The minimum atomic E-state index is 0.201. The summed E-state index contributed by atoms with van der Waals surface area (Å²) in [6, 6.07) is 6.05. The molecule has 0 radical (unpaired) electrons. The molecular formula is C14H16N2O. The van der Waals surface area contributed by atoms with E-state index >= 15 is 0 Å². The topological polar surface area (TPSA) is 34.9 Å². The van der Waals surface area contributed by atoms with E-state index in [-0.39, 0.29) is 5.78 Å². The SMILES string of the molecule is CC(=O)Cc1cccc2nc(C3CC3)n(C)c12. The number of benzene rings is 1. The van der Waals surface area contributed by atoms with Gasteiger partial charge in [-0.05, 0) is 31.4 Å². The number of ketones is 1. The average Bonchev–Trinajstić information content (AvgIpc) is 3.04. The molecule has 0 atom stereocenters. The van der Waals surface area contributed by atoms with Crippen LogP contribution in [0.5, 0.6) is 0 Å². The molecule has 1 saturated carbocycles. The van der Waals surface area contributed by atoms with Crippen molar-refractivity contribution in [2.75, 3.05) is 0 Å². The maximum Gasteiger partial charge on any atom is 0.134 e. The third kappa shape index (κ3) is 1.75. The summed E-state index contributed by atoms with van der Waals surface area (Å²) in [5.74, 6) is 2.01. The molecular weight excluding hydrogens is 212 g/mol. The lowest BCUT2D eigenvalue weighted by Gasteiger charge is -2.04. The first-order valence-electron chi connectivity index (χ1n) is 6.10. The Kier molecular flexibility index (Phi) is 2.28. The van der Waals surface area contributed by atoms with Crippen LogP contribution >= 0.6 is 0 Å². The van der Waals surface area contributed by atoms with Gasteiger partial charge in [0.25, 0.3) is 0 Å². The van der Waals surface area contributed by atoms with Gasteiger partial charge in [-0.1, -0.05) is 12.1 Å². The van der Waals surface area contributed by atoms with Gasteiger partial charge in [-0.15, -0.1) is 0 Å². The fourth-order valence-electron chi connectivity index (χ4n) is 2.49. The lowest BCUT2D eigenvalue weighted by atomic mass is 10.1. The second kappa shape index (κ2) is 3.69. The van der Waals surface area contributed by atoms with Crippen molar-refractivity contribution in [1.82, 2.24) is 9.55 Å². The van der Waals surface area contributed by atoms with Gasteiger partial charge in [0.1, 0.15) is 11.6 Å². The molecule has 3 nitrogen and oxygen atoms in total. The van der Waals surface area contributed by atoms with Crippen LogP contribution in [0, 0.1) is 0 Å². The van der Waals surface area contributed by atoms with Gasteiger partial charge in [0.15, 0.2) is 0 Å². The number of rotatable bonds is 3. The molecule has 88 valence electrons. The first-order valence-corrected chi connectivity index (χ1v) is 6.10. The van der Waals surface area contributed by atoms with Crippen LogP contribution in [-0.4, -0.2) is 15.3 Å². The molecule has 1 heterocycles. The molecule has 0 bridgehead atoms. The monoisotopic (exact) mass is 228 g/mol. The highest BCUT2D eigenvalue weighted by Gasteiger charge is 2.29. The van der Waals surface area contributed by atoms with E-state index in [9.17, 15) is 4.79 Å². The van der Waals surface area contributed by atoms with Crippen LogP contribution in [0.4, 0.5) is 0 Å². The van der Waals surface area contributed by atoms with Gasteiger partial charge in [-0.25, -0.2) is 4.98 Å². The molecule has 1 aliphatic rings. The Morgan fingerprint density at radius 3 is 2.88 bits per heavy atom. The smallest absolute Gasteiger partial charge is 0.134 e. The Labute approximate surface area is 100 Å². The van der Waals surface area contributed by atoms with Crippen molar-refractivity contribution >= 4 is 16.8 Å². The fourth-order valence-corrected chi connectivity index (χ4v) is 2.49. The van der Waals surface area contributed by atoms with Gasteiger partial charge in [0.05, 0.1) is 11.0 Å². The van der Waals surface area contributed by atoms with Crippen LogP contribution in [-0.2, 0) is 18.3 Å². The number of aryl methyl sites for hydroxylation is 1. The van der Waals surface area contributed by atoms with Crippen molar-refractivity contribution in [1.29, 1.82) is 0 Å². The van der Waals surface area contributed by atoms with Gasteiger partial charge < -0.3 is 4.57 Å². The minimum Gasteiger partial charge on any atom is -0.331 e. The Bertz CT molecular complexity index is 594. The van der Waals surface area contributed by atoms with Crippen molar-refractivity contribution in [3.63, 3.8) is 0 Å². The average molecular weight is 228 g/mol. The lowest BCUT2D eigenvalue weighted by molar-refractivity contribution is -0.116. The van der Waals surface area contributed by atoms with E-state index in [1.807, 2.05) is 18.2 Å². The first-order chi connectivity index (χ1) is 8.16. The molecule has 3 heteroatoms. The maximum atomic E-state index is 11.3. The highest BCUT2D eigenvalue weighted by Crippen LogP contribution is 2.40. The second-order valence-electron chi connectivity index (χ2n) is 4.97. The Morgan fingerprint density at radius 1 is 1.47 bits per heavy atom. The first kappa shape index (κ1) is 10.5. The Morgan fingerprint density at radius 2 is 2.24 bits per heavy atom. The molecule has 0 N–H and O–H groups in total. The van der Waals surface area contributed by atoms with Crippen molar-refractivity contribution in [2.24, 2.45) is 7.05 Å². The van der Waals surface area contributed by atoms with Crippen molar-refractivity contribution < 1.29 is 4.79 Å². The number of Topliss-reactive ketones (excluding diaryl/α,β-unsaturated/α-hetero) is 1. The molecule has 1 aromatic carbocycles. The van der Waals surface area contributed by atoms with Crippen LogP contribution in [0.25, 0.3) is 11.0 Å². The molecule has 1 aliphatic carbocycles. The van der Waals surface area contributed by atoms with Crippen molar-refractivity contribution in [3.05, 3.63) is 29.6 Å². The van der Waals surface area contributed by atoms with Crippen LogP contribution in [0.2, 0.25) is 0 Å². The molecule has 0 amide bonds. The number of hydrogen-bond donors (Lipinski definition) is 0. The van der Waals surface area contributed by atoms with E-state index in [4.69, 9.17) is 4.98 Å². The third-order valence-corrected chi connectivity index (χ3v) is 3.39. The van der Waals surface area contributed by atoms with Crippen molar-refractivity contribution in [3.8, 4) is 0 Å². The molecule has 1 fully saturated rings. The lowest BCUT2D eigenvalue weighted by Crippen LogP contribution is -2.01. The summed E-state index contributed by atoms with van der Waals surface area (Å²) in [5.41, 5.74) is 3.25. The summed E-state index contributed by atoms with van der Waals surface area (Å²) in [7, 11) is 2.06. The summed E-state index contributed by atoms with van der Waals surface area (Å²) in [6.45, 7) is 1.64. The second-order valence-corrected chi connectivity index (χ2v) is 4.97. The van der Waals surface area contributed by atoms with Gasteiger partial charge in [-0.3, -0.25) is 4.79 Å². The van der Waals surface area contributed by atoms with Gasteiger partial charge in [0, 0.05) is 19.4 Å². The van der Waals surface area contributed by atoms with Crippen LogP contribution in [0.3, 0.4) is 0 Å². The molecule has 3 rings (SSSR count). The summed E-state index contributed by atoms with van der Waals surface area (Å²) < 4.78 is 2.17. The van der Waals surface area contributed by atoms with E-state index in [1.54, 1.807) is 6.92 Å². The largest absolute Gasteiger partial charge is 0.331 e. The number of para-hydroxylation sites is 1. The van der Waals surface area contributed by atoms with Crippen molar-refractivity contribution in [2.45, 2.75) is 32.1 Å². The Hall–Kier alpha value is -1.64. The number of carbonyl (C=O) groups is 1. The highest BCUT2D eigenvalue weighted by molar-refractivity contribution is 5.86. The predicted molar refractivity (Wildman–Crippen MR) is 67.1 cm³/mol. The minimum absolute atomic E-state index is 0.201. The number of nitrogens with zero attached hydrogens (tertiary/aromatic N) is 2. The number of imidazole rings is 1. The third-order valence-electron chi connectivity index (χ3n) is 3.39. The van der Waals surface area contributed by atoms with E-state index in [2.05, 4.69) is 11.6 Å². The van der Waals surface area contributed by atoms with Gasteiger partial charge in [-0.2, -0.15) is 0 Å². The predicted octanol–water partition coefficient (Wildman–Crippen LogP) is 2.58. The van der Waals surface area contributed by atoms with E-state index in [0.717, 1.165) is 16.6 Å².